The number of sulfonamides is 1. The minimum Gasteiger partial charge on any atom is -0.486 e. The number of fused-ring (bicyclic) bond motifs is 1. The van der Waals surface area contributed by atoms with Gasteiger partial charge in [-0.15, -0.1) is 11.3 Å². The van der Waals surface area contributed by atoms with Gasteiger partial charge in [0, 0.05) is 17.0 Å². The third kappa shape index (κ3) is 3.43. The SMILES string of the molecule is CC(Cc1cccs1)NS(=O)(=O)c1ccc2c(c1)OCCO2. The molecule has 2 heterocycles. The van der Waals surface area contributed by atoms with E-state index in [1.807, 2.05) is 24.4 Å². The Bertz CT molecular complexity index is 741. The molecule has 1 aliphatic heterocycles. The molecule has 22 heavy (non-hydrogen) atoms. The predicted octanol–water partition coefficient (Wildman–Crippen LogP) is 2.43. The number of benzene rings is 1. The zero-order chi connectivity index (χ0) is 15.6. The Balaban J connectivity index is 1.74. The fourth-order valence-corrected chi connectivity index (χ4v) is 4.39. The van der Waals surface area contributed by atoms with E-state index < -0.39 is 10.0 Å². The first-order valence-electron chi connectivity index (χ1n) is 6.99. The number of rotatable bonds is 5. The first kappa shape index (κ1) is 15.3. The summed E-state index contributed by atoms with van der Waals surface area (Å²) < 4.78 is 38.4. The molecule has 0 fully saturated rings. The third-order valence-electron chi connectivity index (χ3n) is 3.27. The molecule has 5 nitrogen and oxygen atoms in total. The Kier molecular flexibility index (Phi) is 4.37. The van der Waals surface area contributed by atoms with Crippen molar-refractivity contribution >= 4 is 21.4 Å². The van der Waals surface area contributed by atoms with Crippen LogP contribution in [-0.4, -0.2) is 27.7 Å². The monoisotopic (exact) mass is 339 g/mol. The lowest BCUT2D eigenvalue weighted by Gasteiger charge is -2.19. The fraction of sp³-hybridized carbons (Fsp3) is 0.333. The van der Waals surface area contributed by atoms with Gasteiger partial charge in [-0.1, -0.05) is 6.07 Å². The summed E-state index contributed by atoms with van der Waals surface area (Å²) in [4.78, 5) is 1.34. The molecule has 0 spiro atoms. The maximum Gasteiger partial charge on any atom is 0.240 e. The van der Waals surface area contributed by atoms with E-state index in [0.29, 0.717) is 31.1 Å². The van der Waals surface area contributed by atoms with Gasteiger partial charge in [0.1, 0.15) is 13.2 Å². The van der Waals surface area contributed by atoms with Crippen molar-refractivity contribution in [3.8, 4) is 11.5 Å². The molecule has 0 amide bonds. The van der Waals surface area contributed by atoms with Crippen molar-refractivity contribution < 1.29 is 17.9 Å². The van der Waals surface area contributed by atoms with Gasteiger partial charge in [-0.05, 0) is 36.9 Å². The quantitative estimate of drug-likeness (QED) is 0.909. The molecule has 0 bridgehead atoms. The summed E-state index contributed by atoms with van der Waals surface area (Å²) in [6, 6.07) is 8.45. The largest absolute Gasteiger partial charge is 0.486 e. The van der Waals surface area contributed by atoms with Crippen LogP contribution in [0.1, 0.15) is 11.8 Å². The lowest BCUT2D eigenvalue weighted by atomic mass is 10.2. The molecule has 1 aromatic carbocycles. The van der Waals surface area contributed by atoms with E-state index >= 15 is 0 Å². The van der Waals surface area contributed by atoms with E-state index in [1.54, 1.807) is 17.4 Å². The van der Waals surface area contributed by atoms with Crippen LogP contribution in [0.3, 0.4) is 0 Å². The minimum atomic E-state index is -3.58. The number of hydrogen-bond donors (Lipinski definition) is 1. The Morgan fingerprint density at radius 1 is 1.23 bits per heavy atom. The van der Waals surface area contributed by atoms with Crippen LogP contribution >= 0.6 is 11.3 Å². The molecule has 1 atom stereocenters. The van der Waals surface area contributed by atoms with Gasteiger partial charge in [-0.2, -0.15) is 0 Å². The molecule has 1 aliphatic rings. The standard InChI is InChI=1S/C15H17NO4S2/c1-11(9-12-3-2-8-21-12)16-22(17,18)13-4-5-14-15(10-13)20-7-6-19-14/h2-5,8,10-11,16H,6-7,9H2,1H3. The van der Waals surface area contributed by atoms with E-state index in [-0.39, 0.29) is 10.9 Å². The van der Waals surface area contributed by atoms with Crippen LogP contribution in [0, 0.1) is 0 Å². The number of thiophene rings is 1. The molecule has 1 unspecified atom stereocenters. The Morgan fingerprint density at radius 3 is 2.73 bits per heavy atom. The predicted molar refractivity (Wildman–Crippen MR) is 85.2 cm³/mol. The van der Waals surface area contributed by atoms with Crippen LogP contribution in [0.4, 0.5) is 0 Å². The van der Waals surface area contributed by atoms with Gasteiger partial charge in [-0.25, -0.2) is 13.1 Å². The lowest BCUT2D eigenvalue weighted by Crippen LogP contribution is -2.34. The maximum absolute atomic E-state index is 12.5. The van der Waals surface area contributed by atoms with Gasteiger partial charge in [0.2, 0.25) is 10.0 Å². The van der Waals surface area contributed by atoms with E-state index in [4.69, 9.17) is 9.47 Å². The van der Waals surface area contributed by atoms with Gasteiger partial charge in [0.05, 0.1) is 4.90 Å². The number of hydrogen-bond acceptors (Lipinski definition) is 5. The molecule has 0 saturated heterocycles. The van der Waals surface area contributed by atoms with Crippen LogP contribution in [0.25, 0.3) is 0 Å². The third-order valence-corrected chi connectivity index (χ3v) is 5.75. The first-order valence-corrected chi connectivity index (χ1v) is 9.35. The van der Waals surface area contributed by atoms with Crippen molar-refractivity contribution in [3.05, 3.63) is 40.6 Å². The van der Waals surface area contributed by atoms with Crippen LogP contribution in [0.15, 0.2) is 40.6 Å². The van der Waals surface area contributed by atoms with E-state index in [2.05, 4.69) is 4.72 Å². The molecular formula is C15H17NO4S2. The van der Waals surface area contributed by atoms with Crippen LogP contribution < -0.4 is 14.2 Å². The topological polar surface area (TPSA) is 64.6 Å². The number of nitrogens with one attached hydrogen (secondary N) is 1. The summed E-state index contributed by atoms with van der Waals surface area (Å²) in [6.45, 7) is 2.77. The van der Waals surface area contributed by atoms with Crippen molar-refractivity contribution in [3.63, 3.8) is 0 Å². The molecule has 1 aromatic heterocycles. The molecule has 0 radical (unpaired) electrons. The molecular weight excluding hydrogens is 322 g/mol. The average molecular weight is 339 g/mol. The summed E-state index contributed by atoms with van der Waals surface area (Å²) in [5.41, 5.74) is 0. The van der Waals surface area contributed by atoms with Crippen molar-refractivity contribution in [2.45, 2.75) is 24.3 Å². The lowest BCUT2D eigenvalue weighted by molar-refractivity contribution is 0.171. The number of ether oxygens (including phenoxy) is 2. The Labute approximate surface area is 133 Å². The summed E-state index contributed by atoms with van der Waals surface area (Å²) in [5.74, 6) is 1.05. The molecule has 2 aromatic rings. The highest BCUT2D eigenvalue weighted by molar-refractivity contribution is 7.89. The van der Waals surface area contributed by atoms with Crippen LogP contribution in [-0.2, 0) is 16.4 Å². The minimum absolute atomic E-state index is 0.183. The Morgan fingerprint density at radius 2 is 2.00 bits per heavy atom. The second kappa shape index (κ2) is 6.28. The zero-order valence-corrected chi connectivity index (χ0v) is 13.7. The highest BCUT2D eigenvalue weighted by Crippen LogP contribution is 2.32. The second-order valence-corrected chi connectivity index (χ2v) is 7.86. The van der Waals surface area contributed by atoms with Gasteiger partial charge < -0.3 is 9.47 Å². The summed E-state index contributed by atoms with van der Waals surface area (Å²) in [7, 11) is -3.58. The van der Waals surface area contributed by atoms with E-state index in [0.717, 1.165) is 4.88 Å². The highest BCUT2D eigenvalue weighted by Gasteiger charge is 2.21. The van der Waals surface area contributed by atoms with Crippen molar-refractivity contribution in [1.29, 1.82) is 0 Å². The average Bonchev–Trinajstić information content (AvgIpc) is 2.99. The molecule has 0 aliphatic carbocycles. The van der Waals surface area contributed by atoms with Gasteiger partial charge >= 0.3 is 0 Å². The van der Waals surface area contributed by atoms with Crippen LogP contribution in [0.5, 0.6) is 11.5 Å². The molecule has 118 valence electrons. The summed E-state index contributed by atoms with van der Waals surface area (Å²) in [5, 5.41) is 1.98. The van der Waals surface area contributed by atoms with Gasteiger partial charge in [0.25, 0.3) is 0 Å². The van der Waals surface area contributed by atoms with Crippen molar-refractivity contribution in [2.75, 3.05) is 13.2 Å². The van der Waals surface area contributed by atoms with Crippen LogP contribution in [0.2, 0.25) is 0 Å². The molecule has 1 N–H and O–H groups in total. The second-order valence-electron chi connectivity index (χ2n) is 5.11. The molecule has 0 saturated carbocycles. The maximum atomic E-state index is 12.5. The van der Waals surface area contributed by atoms with Crippen molar-refractivity contribution in [2.24, 2.45) is 0 Å². The Hall–Kier alpha value is -1.57. The summed E-state index contributed by atoms with van der Waals surface area (Å²) >= 11 is 1.62. The first-order chi connectivity index (χ1) is 10.5. The van der Waals surface area contributed by atoms with E-state index in [9.17, 15) is 8.42 Å². The fourth-order valence-electron chi connectivity index (χ4n) is 2.30. The van der Waals surface area contributed by atoms with E-state index in [1.165, 1.54) is 12.1 Å². The smallest absolute Gasteiger partial charge is 0.240 e. The van der Waals surface area contributed by atoms with Gasteiger partial charge in [-0.3, -0.25) is 0 Å². The van der Waals surface area contributed by atoms with Gasteiger partial charge in [0.15, 0.2) is 11.5 Å². The molecule has 7 heteroatoms. The summed E-state index contributed by atoms with van der Waals surface area (Å²) in [6.07, 6.45) is 0.668. The molecule has 3 rings (SSSR count). The highest BCUT2D eigenvalue weighted by atomic mass is 32.2. The normalized spacial score (nSPS) is 15.5. The zero-order valence-electron chi connectivity index (χ0n) is 12.1. The van der Waals surface area contributed by atoms with Crippen molar-refractivity contribution in [1.82, 2.24) is 4.72 Å².